The topological polar surface area (TPSA) is 103 Å². The number of nitrogens with zero attached hydrogens (tertiary/aromatic N) is 6. The maximum atomic E-state index is 12.8. The van der Waals surface area contributed by atoms with E-state index < -0.39 is 0 Å². The summed E-state index contributed by atoms with van der Waals surface area (Å²) < 4.78 is 3.85. The molecule has 164 valence electrons. The van der Waals surface area contributed by atoms with Crippen LogP contribution >= 0.6 is 0 Å². The van der Waals surface area contributed by atoms with E-state index >= 15 is 0 Å². The normalized spacial score (nSPS) is 15.0. The monoisotopic (exact) mass is 438 g/mol. The highest BCUT2D eigenvalue weighted by atomic mass is 16.1. The predicted octanol–water partition coefficient (Wildman–Crippen LogP) is -0.666. The van der Waals surface area contributed by atoms with Crippen molar-refractivity contribution in [1.82, 2.24) is 35.1 Å². The van der Waals surface area contributed by atoms with Gasteiger partial charge in [0.1, 0.15) is 23.5 Å². The van der Waals surface area contributed by atoms with Crippen molar-refractivity contribution in [2.75, 3.05) is 18.4 Å². The quantitative estimate of drug-likeness (QED) is 0.402. The number of aromatic nitrogens is 6. The molecule has 0 saturated carbocycles. The van der Waals surface area contributed by atoms with Crippen LogP contribution in [0.1, 0.15) is 29.2 Å². The molecule has 5 rings (SSSR count). The number of piperidine rings is 1. The van der Waals surface area contributed by atoms with Crippen LogP contribution in [0.5, 0.6) is 0 Å². The number of hydrogen-bond donors (Lipinski definition) is 2. The molecule has 1 aliphatic heterocycles. The Morgan fingerprint density at radius 1 is 1.03 bits per heavy atom. The second-order valence-electron chi connectivity index (χ2n) is 9.49. The fourth-order valence-corrected chi connectivity index (χ4v) is 4.04. The van der Waals surface area contributed by atoms with E-state index in [1.807, 2.05) is 52.2 Å². The van der Waals surface area contributed by atoms with E-state index in [9.17, 15) is 4.79 Å². The first-order valence-corrected chi connectivity index (χ1v) is 11.3. The molecule has 1 amide bonds. The van der Waals surface area contributed by atoms with Gasteiger partial charge in [0, 0.05) is 23.3 Å². The van der Waals surface area contributed by atoms with Gasteiger partial charge in [-0.05, 0) is 54.9 Å². The Balaban J connectivity index is 1.35. The third-order valence-electron chi connectivity index (χ3n) is 5.98. The molecule has 2 N–H and O–H groups in total. The molecule has 0 unspecified atom stereocenters. The van der Waals surface area contributed by atoms with Crippen LogP contribution in [0.25, 0.3) is 22.0 Å². The summed E-state index contributed by atoms with van der Waals surface area (Å²) in [5.74, 6) is 0.163. The molecule has 1 fully saturated rings. The van der Waals surface area contributed by atoms with Crippen molar-refractivity contribution in [3.05, 3.63) is 54.6 Å². The lowest BCUT2D eigenvalue weighted by Crippen LogP contribution is -2.35. The first kappa shape index (κ1) is 21.5. The number of carbonyl (C=O) groups is 1. The maximum absolute atomic E-state index is 12.8. The van der Waals surface area contributed by atoms with Gasteiger partial charge in [0.25, 0.3) is 5.91 Å². The molecule has 12 heteroatoms. The van der Waals surface area contributed by atoms with Crippen molar-refractivity contribution in [3.8, 4) is 11.1 Å². The van der Waals surface area contributed by atoms with Gasteiger partial charge in [0.2, 0.25) is 0 Å². The molecule has 1 aromatic carbocycles. The van der Waals surface area contributed by atoms with Crippen molar-refractivity contribution in [1.29, 1.82) is 0 Å². The van der Waals surface area contributed by atoms with Gasteiger partial charge in [-0.15, -0.1) is 10.2 Å². The van der Waals surface area contributed by atoms with E-state index in [2.05, 4.69) is 54.6 Å². The molecule has 0 atom stereocenters. The van der Waals surface area contributed by atoms with E-state index in [4.69, 9.17) is 0 Å². The van der Waals surface area contributed by atoms with Crippen molar-refractivity contribution in [2.45, 2.75) is 24.1 Å². The average Bonchev–Trinajstić information content (AvgIpc) is 3.49. The SMILES string of the molecule is BC(B)(B)n1cc(-c2ccc3nnc(NC(=O)c4cnn(C5CCNCC5)c4)cc3c2)cn1. The number of carbonyl (C=O) groups excluding carboxylic acids is 1. The molecule has 0 spiro atoms. The highest BCUT2D eigenvalue weighted by molar-refractivity contribution is 6.56. The molecule has 0 aliphatic carbocycles. The van der Waals surface area contributed by atoms with Crippen molar-refractivity contribution in [2.24, 2.45) is 0 Å². The highest BCUT2D eigenvalue weighted by Gasteiger charge is 2.18. The van der Waals surface area contributed by atoms with Gasteiger partial charge in [-0.1, -0.05) is 6.07 Å². The molecule has 1 saturated heterocycles. The Labute approximate surface area is 194 Å². The smallest absolute Gasteiger partial charge is 0.260 e. The molecular weight excluding hydrogens is 413 g/mol. The standard InChI is InChI=1S/C21H25B3N8O/c22-21(23,24)32-12-15(9-27-32)13-1-2-18-14(7-13)8-19(30-29-18)28-20(33)16-10-26-31(11-16)17-3-5-25-6-4-17/h1-2,7-12,17,25H,3-6,22-24H2,(H,28,30,33). The average molecular weight is 438 g/mol. The molecule has 0 bridgehead atoms. The first-order valence-electron chi connectivity index (χ1n) is 11.3. The minimum atomic E-state index is -0.244. The summed E-state index contributed by atoms with van der Waals surface area (Å²) in [6.45, 7) is 1.94. The second-order valence-corrected chi connectivity index (χ2v) is 9.49. The lowest BCUT2D eigenvalue weighted by Gasteiger charge is -2.22. The summed E-state index contributed by atoms with van der Waals surface area (Å²) in [5, 5.41) is 24.3. The number of fused-ring (bicyclic) bond motifs is 1. The minimum Gasteiger partial charge on any atom is -0.317 e. The maximum Gasteiger partial charge on any atom is 0.260 e. The lowest BCUT2D eigenvalue weighted by molar-refractivity contribution is 0.102. The van der Waals surface area contributed by atoms with Crippen LogP contribution in [0.3, 0.4) is 0 Å². The van der Waals surface area contributed by atoms with Crippen LogP contribution in [0, 0.1) is 0 Å². The number of anilines is 1. The molecule has 33 heavy (non-hydrogen) atoms. The zero-order chi connectivity index (χ0) is 23.0. The summed E-state index contributed by atoms with van der Waals surface area (Å²) in [6, 6.07) is 8.15. The number of benzene rings is 1. The van der Waals surface area contributed by atoms with E-state index in [1.54, 1.807) is 6.20 Å². The number of amides is 1. The third-order valence-corrected chi connectivity index (χ3v) is 5.98. The van der Waals surface area contributed by atoms with Gasteiger partial charge in [0.05, 0.1) is 29.5 Å². The Morgan fingerprint density at radius 2 is 1.85 bits per heavy atom. The summed E-state index contributed by atoms with van der Waals surface area (Å²) >= 11 is 0. The summed E-state index contributed by atoms with van der Waals surface area (Å²) in [4.78, 5) is 12.8. The summed E-state index contributed by atoms with van der Waals surface area (Å²) in [7, 11) is 6.35. The van der Waals surface area contributed by atoms with Gasteiger partial charge >= 0.3 is 0 Å². The zero-order valence-electron chi connectivity index (χ0n) is 19.1. The predicted molar refractivity (Wildman–Crippen MR) is 136 cm³/mol. The van der Waals surface area contributed by atoms with Crippen LogP contribution in [0.15, 0.2) is 49.1 Å². The Kier molecular flexibility index (Phi) is 5.53. The van der Waals surface area contributed by atoms with E-state index in [1.165, 1.54) is 0 Å². The van der Waals surface area contributed by atoms with Crippen molar-refractivity contribution < 1.29 is 4.79 Å². The minimum absolute atomic E-state index is 0.0836. The van der Waals surface area contributed by atoms with Crippen LogP contribution in [0.2, 0.25) is 0 Å². The zero-order valence-corrected chi connectivity index (χ0v) is 19.1. The van der Waals surface area contributed by atoms with Gasteiger partial charge in [-0.3, -0.25) is 14.2 Å². The van der Waals surface area contributed by atoms with Crippen LogP contribution in [-0.2, 0) is 5.24 Å². The number of hydrogen-bond acceptors (Lipinski definition) is 6. The van der Waals surface area contributed by atoms with Crippen molar-refractivity contribution >= 4 is 46.2 Å². The Bertz CT molecular complexity index is 1310. The second kappa shape index (κ2) is 8.51. The third kappa shape index (κ3) is 4.56. The summed E-state index contributed by atoms with van der Waals surface area (Å²) in [5.41, 5.74) is 3.34. The van der Waals surface area contributed by atoms with Gasteiger partial charge in [0.15, 0.2) is 5.82 Å². The van der Waals surface area contributed by atoms with Gasteiger partial charge < -0.3 is 10.6 Å². The van der Waals surface area contributed by atoms with E-state index in [-0.39, 0.29) is 11.1 Å². The van der Waals surface area contributed by atoms with Crippen LogP contribution in [0.4, 0.5) is 5.82 Å². The lowest BCUT2D eigenvalue weighted by atomic mass is 9.49. The van der Waals surface area contributed by atoms with Gasteiger partial charge in [-0.2, -0.15) is 10.2 Å². The molecule has 9 nitrogen and oxygen atoms in total. The Morgan fingerprint density at radius 3 is 2.61 bits per heavy atom. The number of rotatable bonds is 5. The van der Waals surface area contributed by atoms with E-state index in [0.717, 1.165) is 48.0 Å². The molecule has 4 heterocycles. The summed E-state index contributed by atoms with van der Waals surface area (Å²) in [6.07, 6.45) is 9.34. The first-order chi connectivity index (χ1) is 15.9. The van der Waals surface area contributed by atoms with E-state index in [0.29, 0.717) is 17.4 Å². The molecule has 3 aromatic heterocycles. The highest BCUT2D eigenvalue weighted by Crippen LogP contribution is 2.25. The van der Waals surface area contributed by atoms with Crippen molar-refractivity contribution in [3.63, 3.8) is 0 Å². The van der Waals surface area contributed by atoms with Crippen LogP contribution in [-0.4, -0.2) is 72.3 Å². The molecule has 1 aliphatic rings. The number of nitrogens with one attached hydrogen (secondary N) is 2. The molecule has 4 aromatic rings. The fourth-order valence-electron chi connectivity index (χ4n) is 4.04. The largest absolute Gasteiger partial charge is 0.317 e. The van der Waals surface area contributed by atoms with Gasteiger partial charge in [-0.25, -0.2) is 0 Å². The van der Waals surface area contributed by atoms with Crippen LogP contribution < -0.4 is 10.6 Å². The Hall–Kier alpha value is -3.40. The molecule has 0 radical (unpaired) electrons. The molecular formula is C21H25B3N8O. The fraction of sp³-hybridized carbons (Fsp3) is 0.286.